The molecule has 3 aromatic rings. The summed E-state index contributed by atoms with van der Waals surface area (Å²) in [6.07, 6.45) is 3.66. The molecule has 2 N–H and O–H groups in total. The molecule has 12 heteroatoms. The summed E-state index contributed by atoms with van der Waals surface area (Å²) < 4.78 is 28.8. The van der Waals surface area contributed by atoms with Crippen LogP contribution in [0.2, 0.25) is 0 Å². The molecule has 14 rings (SSSR count). The van der Waals surface area contributed by atoms with E-state index >= 15 is 0 Å². The van der Waals surface area contributed by atoms with Crippen LogP contribution in [0.15, 0.2) is 60.7 Å². The van der Waals surface area contributed by atoms with Gasteiger partial charge < -0.3 is 29.2 Å². The molecule has 4 aliphatic heterocycles. The first-order valence-corrected chi connectivity index (χ1v) is 25.7. The first-order chi connectivity index (χ1) is 32.6. The van der Waals surface area contributed by atoms with Crippen LogP contribution in [0.3, 0.4) is 0 Å². The van der Waals surface area contributed by atoms with Crippen LogP contribution in [0, 0.1) is 66.1 Å². The van der Waals surface area contributed by atoms with E-state index in [-0.39, 0.29) is 112 Å². The Morgan fingerprint density at radius 1 is 0.500 bits per heavy atom. The maximum atomic E-state index is 14.3. The summed E-state index contributed by atoms with van der Waals surface area (Å²) in [4.78, 5) is 57.5. The number of aryl methyl sites for hydroxylation is 1. The van der Waals surface area contributed by atoms with Crippen molar-refractivity contribution in [2.75, 3.05) is 11.9 Å². The SMILES string of the molecule is Cc1ccc(-c2ccc(N3C(=O)C4CC5OC6CC7C(CC6OC5CC4C3=O)C3(C(C)C)c4ccccc4C7(C(C)C)C4CC5OC6CC7C(=O)N(C)C(=O)C7CC6OC5CC43)c(O)c2)cc1O. The van der Waals surface area contributed by atoms with E-state index in [0.29, 0.717) is 72.3 Å². The molecule has 68 heavy (non-hydrogen) atoms. The largest absolute Gasteiger partial charge is 0.508 e. The van der Waals surface area contributed by atoms with Crippen molar-refractivity contribution in [3.05, 3.63) is 77.4 Å². The smallest absolute Gasteiger partial charge is 0.237 e. The molecular weight excluding hydrogens is 861 g/mol. The number of carbonyl (C=O) groups is 4. The molecule has 9 fully saturated rings. The highest BCUT2D eigenvalue weighted by Crippen LogP contribution is 2.76. The van der Waals surface area contributed by atoms with Crippen LogP contribution < -0.4 is 4.90 Å². The Morgan fingerprint density at radius 2 is 0.853 bits per heavy atom. The fourth-order valence-corrected chi connectivity index (χ4v) is 17.7. The van der Waals surface area contributed by atoms with Gasteiger partial charge in [0, 0.05) is 17.9 Å². The minimum atomic E-state index is -0.575. The molecule has 12 nitrogen and oxygen atoms in total. The third-order valence-electron chi connectivity index (χ3n) is 20.2. The zero-order valence-electron chi connectivity index (χ0n) is 39.9. The first-order valence-electron chi connectivity index (χ1n) is 25.7. The second kappa shape index (κ2) is 15.0. The number of ether oxygens (including phenoxy) is 4. The van der Waals surface area contributed by atoms with Gasteiger partial charge in [-0.15, -0.1) is 0 Å². The number of carbonyl (C=O) groups excluding carboxylic acids is 4. The quantitative estimate of drug-likeness (QED) is 0.250. The van der Waals surface area contributed by atoms with Crippen molar-refractivity contribution in [3.63, 3.8) is 0 Å². The fraction of sp³-hybridized carbons (Fsp3) is 0.607. The lowest BCUT2D eigenvalue weighted by Crippen LogP contribution is -2.76. The lowest BCUT2D eigenvalue weighted by molar-refractivity contribution is -0.298. The van der Waals surface area contributed by atoms with E-state index in [1.54, 1.807) is 31.3 Å². The molecule has 2 bridgehead atoms. The molecule has 0 aromatic heterocycles. The van der Waals surface area contributed by atoms with Crippen LogP contribution in [0.1, 0.15) is 95.8 Å². The van der Waals surface area contributed by atoms with E-state index in [1.165, 1.54) is 20.9 Å². The highest BCUT2D eigenvalue weighted by molar-refractivity contribution is 6.23. The minimum absolute atomic E-state index is 0.0871. The second-order valence-electron chi connectivity index (χ2n) is 23.3. The van der Waals surface area contributed by atoms with Crippen LogP contribution in [-0.2, 0) is 49.0 Å². The molecule has 4 heterocycles. The van der Waals surface area contributed by atoms with Crippen molar-refractivity contribution in [3.8, 4) is 22.6 Å². The van der Waals surface area contributed by atoms with E-state index in [1.807, 2.05) is 19.1 Å². The van der Waals surface area contributed by atoms with Gasteiger partial charge in [-0.2, -0.15) is 0 Å². The van der Waals surface area contributed by atoms with Crippen molar-refractivity contribution in [1.29, 1.82) is 0 Å². The number of nitrogens with zero attached hydrogens (tertiary/aromatic N) is 2. The number of amides is 4. The van der Waals surface area contributed by atoms with Gasteiger partial charge in [0.15, 0.2) is 0 Å². The number of phenolic OH excluding ortho intramolecular Hbond substituents is 2. The third kappa shape index (κ3) is 5.57. The maximum Gasteiger partial charge on any atom is 0.237 e. The predicted octanol–water partition coefficient (Wildman–Crippen LogP) is 7.61. The predicted molar refractivity (Wildman–Crippen MR) is 249 cm³/mol. The Hall–Kier alpha value is -4.62. The van der Waals surface area contributed by atoms with Gasteiger partial charge in [0.2, 0.25) is 23.6 Å². The number of rotatable bonds is 4. The number of imide groups is 2. The highest BCUT2D eigenvalue weighted by Gasteiger charge is 2.75. The molecule has 11 aliphatic rings. The number of anilines is 1. The molecule has 18 atom stereocenters. The summed E-state index contributed by atoms with van der Waals surface area (Å²) in [5.41, 5.74) is 4.90. The van der Waals surface area contributed by atoms with Gasteiger partial charge in [0.25, 0.3) is 0 Å². The average molecular weight is 925 g/mol. The van der Waals surface area contributed by atoms with Crippen molar-refractivity contribution in [2.45, 2.75) is 146 Å². The van der Waals surface area contributed by atoms with E-state index in [4.69, 9.17) is 18.9 Å². The normalized spacial score (nSPS) is 43.0. The average Bonchev–Trinajstić information content (AvgIpc) is 3.68. The van der Waals surface area contributed by atoms with Crippen LogP contribution >= 0.6 is 0 Å². The first kappa shape index (κ1) is 43.4. The number of hydrogen-bond acceptors (Lipinski definition) is 10. The van der Waals surface area contributed by atoms with E-state index in [9.17, 15) is 29.4 Å². The molecule has 5 saturated carbocycles. The highest BCUT2D eigenvalue weighted by atomic mass is 16.6. The van der Waals surface area contributed by atoms with Crippen LogP contribution in [-0.4, -0.2) is 94.6 Å². The zero-order valence-corrected chi connectivity index (χ0v) is 39.9. The Labute approximate surface area is 398 Å². The van der Waals surface area contributed by atoms with Gasteiger partial charge in [-0.25, -0.2) is 4.90 Å². The Bertz CT molecular complexity index is 2540. The molecule has 0 spiro atoms. The molecule has 18 unspecified atom stereocenters. The molecule has 4 saturated heterocycles. The van der Waals surface area contributed by atoms with Crippen LogP contribution in [0.25, 0.3) is 11.1 Å². The summed E-state index contributed by atoms with van der Waals surface area (Å²) in [6, 6.07) is 19.6. The number of hydrogen-bond donors (Lipinski definition) is 2. The van der Waals surface area contributed by atoms with E-state index in [0.717, 1.165) is 31.2 Å². The number of phenols is 2. The van der Waals surface area contributed by atoms with Gasteiger partial charge in [0.05, 0.1) is 78.2 Å². The van der Waals surface area contributed by atoms with Crippen LogP contribution in [0.5, 0.6) is 11.5 Å². The topological polar surface area (TPSA) is 152 Å². The standard InChI is InChI=1S/C56H64N2O10/c1-25(2)55-34-9-7-8-10-35(34)56(26(3)4,37-22-48-47(21-36(37)55)65-43-17-30-31(18-44(43)66-48)52(62)57(6)51(30)61)39-24-50-49(23-38(39)55)67-45-19-32-33(20-46(45)68-50)54(64)58(53(32)63)40-14-13-29(16-42(40)60)28-12-11-27(5)41(59)15-28/h7-16,25-26,30-33,36-39,43-50,59-60H,17-24H2,1-6H3. The minimum Gasteiger partial charge on any atom is -0.508 e. The molecule has 358 valence electrons. The van der Waals surface area contributed by atoms with Gasteiger partial charge in [0.1, 0.15) is 11.5 Å². The van der Waals surface area contributed by atoms with Crippen molar-refractivity contribution < 1.29 is 48.3 Å². The van der Waals surface area contributed by atoms with Crippen molar-refractivity contribution in [2.24, 2.45) is 59.2 Å². The summed E-state index contributed by atoms with van der Waals surface area (Å²) in [5, 5.41) is 21.7. The number of benzene rings is 3. The number of fused-ring (bicyclic) bond motifs is 6. The van der Waals surface area contributed by atoms with Gasteiger partial charge >= 0.3 is 0 Å². The molecule has 3 aromatic carbocycles. The molecular formula is C56H64N2O10. The van der Waals surface area contributed by atoms with Gasteiger partial charge in [-0.1, -0.05) is 70.2 Å². The molecule has 7 aliphatic carbocycles. The van der Waals surface area contributed by atoms with Crippen molar-refractivity contribution >= 4 is 29.3 Å². The van der Waals surface area contributed by atoms with Gasteiger partial charge in [-0.05, 0) is 140 Å². The van der Waals surface area contributed by atoms with Crippen molar-refractivity contribution in [1.82, 2.24) is 4.90 Å². The van der Waals surface area contributed by atoms with Crippen LogP contribution in [0.4, 0.5) is 5.69 Å². The van der Waals surface area contributed by atoms with E-state index in [2.05, 4.69) is 52.0 Å². The Balaban J connectivity index is 0.803. The van der Waals surface area contributed by atoms with E-state index < -0.39 is 11.8 Å². The molecule has 4 amide bonds. The fourth-order valence-electron chi connectivity index (χ4n) is 17.7. The summed E-state index contributed by atoms with van der Waals surface area (Å²) in [6.45, 7) is 11.5. The Kier molecular flexibility index (Phi) is 9.54. The monoisotopic (exact) mass is 924 g/mol. The Morgan fingerprint density at radius 3 is 1.22 bits per heavy atom. The third-order valence-corrected chi connectivity index (χ3v) is 20.2. The maximum absolute atomic E-state index is 14.3. The number of likely N-dealkylation sites (tertiary alicyclic amines) is 1. The summed E-state index contributed by atoms with van der Waals surface area (Å²) >= 11 is 0. The summed E-state index contributed by atoms with van der Waals surface area (Å²) in [7, 11) is 1.61. The summed E-state index contributed by atoms with van der Waals surface area (Å²) in [5.74, 6) is -0.764. The molecule has 0 radical (unpaired) electrons. The second-order valence-corrected chi connectivity index (χ2v) is 23.3. The van der Waals surface area contributed by atoms with Gasteiger partial charge in [-0.3, -0.25) is 24.1 Å². The lowest BCUT2D eigenvalue weighted by atomic mass is 9.29. The number of aromatic hydroxyl groups is 2. The zero-order chi connectivity index (χ0) is 47.0. The lowest BCUT2D eigenvalue weighted by Gasteiger charge is -2.76.